The molecule has 7 heteroatoms. The van der Waals surface area contributed by atoms with Gasteiger partial charge in [0.15, 0.2) is 5.13 Å². The number of hydrogen-bond donors (Lipinski definition) is 1. The van der Waals surface area contributed by atoms with Gasteiger partial charge in [-0.2, -0.15) is 0 Å². The van der Waals surface area contributed by atoms with E-state index in [2.05, 4.69) is 15.0 Å². The van der Waals surface area contributed by atoms with Gasteiger partial charge in [0, 0.05) is 11.8 Å². The smallest absolute Gasteiger partial charge is 0.311 e. The number of aryl methyl sites for hydroxylation is 1. The van der Waals surface area contributed by atoms with E-state index in [0.29, 0.717) is 30.3 Å². The quantitative estimate of drug-likeness (QED) is 0.742. The van der Waals surface area contributed by atoms with Gasteiger partial charge in [0.25, 0.3) is 0 Å². The maximum atomic E-state index is 12.1. The number of aromatic nitrogens is 1. The first kappa shape index (κ1) is 17.9. The van der Waals surface area contributed by atoms with Crippen molar-refractivity contribution < 1.29 is 19.1 Å². The lowest BCUT2D eigenvalue weighted by atomic mass is 10.1. The number of ether oxygens (including phenoxy) is 2. The average molecular weight is 348 g/mol. The molecule has 24 heavy (non-hydrogen) atoms. The second-order valence-corrected chi connectivity index (χ2v) is 5.84. The lowest BCUT2D eigenvalue weighted by Gasteiger charge is -2.09. The molecule has 0 saturated heterocycles. The molecule has 2 rings (SSSR count). The van der Waals surface area contributed by atoms with Crippen LogP contribution >= 0.6 is 11.3 Å². The van der Waals surface area contributed by atoms with Crippen LogP contribution in [-0.4, -0.2) is 30.6 Å². The molecule has 0 spiro atoms. The van der Waals surface area contributed by atoms with Crippen molar-refractivity contribution >= 4 is 28.3 Å². The predicted octanol–water partition coefficient (Wildman–Crippen LogP) is 2.83. The molecule has 0 unspecified atom stereocenters. The topological polar surface area (TPSA) is 77.5 Å². The highest BCUT2D eigenvalue weighted by Gasteiger charge is 2.11. The van der Waals surface area contributed by atoms with E-state index in [1.165, 1.54) is 18.4 Å². The van der Waals surface area contributed by atoms with Gasteiger partial charge >= 0.3 is 5.97 Å². The summed E-state index contributed by atoms with van der Waals surface area (Å²) < 4.78 is 10.1. The van der Waals surface area contributed by atoms with Crippen LogP contribution in [0.4, 0.5) is 5.13 Å². The van der Waals surface area contributed by atoms with E-state index >= 15 is 0 Å². The molecule has 1 amide bonds. The molecule has 128 valence electrons. The largest absolute Gasteiger partial charge is 0.494 e. The molecule has 0 bridgehead atoms. The Bertz CT molecular complexity index is 699. The molecule has 0 atom stereocenters. The fourth-order valence-corrected chi connectivity index (χ4v) is 2.83. The van der Waals surface area contributed by atoms with Crippen LogP contribution in [0.3, 0.4) is 0 Å². The molecule has 1 heterocycles. The van der Waals surface area contributed by atoms with Crippen molar-refractivity contribution in [3.8, 4) is 5.75 Å². The van der Waals surface area contributed by atoms with Crippen molar-refractivity contribution in [1.29, 1.82) is 0 Å². The van der Waals surface area contributed by atoms with Crippen LogP contribution in [0.5, 0.6) is 5.75 Å². The Morgan fingerprint density at radius 1 is 1.29 bits per heavy atom. The number of anilines is 1. The van der Waals surface area contributed by atoms with E-state index < -0.39 is 0 Å². The number of nitrogens with one attached hydrogen (secondary N) is 1. The standard InChI is InChI=1S/C17H20N2O4S/c1-3-23-14-7-5-4-6-12(14)8-9-15(20)19-17-18-13(11-24-17)10-16(21)22-2/h4-7,11H,3,8-10H2,1-2H3,(H,18,19,20). The summed E-state index contributed by atoms with van der Waals surface area (Å²) in [5.74, 6) is 0.327. The van der Waals surface area contributed by atoms with E-state index in [1.54, 1.807) is 5.38 Å². The molecular weight excluding hydrogens is 328 g/mol. The first-order valence-electron chi connectivity index (χ1n) is 7.64. The first-order valence-corrected chi connectivity index (χ1v) is 8.52. The second-order valence-electron chi connectivity index (χ2n) is 4.99. The fraction of sp³-hybridized carbons (Fsp3) is 0.353. The average Bonchev–Trinajstić information content (AvgIpc) is 3.01. The van der Waals surface area contributed by atoms with Crippen LogP contribution in [-0.2, 0) is 27.2 Å². The monoisotopic (exact) mass is 348 g/mol. The maximum Gasteiger partial charge on any atom is 0.311 e. The van der Waals surface area contributed by atoms with Gasteiger partial charge in [-0.3, -0.25) is 9.59 Å². The van der Waals surface area contributed by atoms with Gasteiger partial charge in [-0.15, -0.1) is 11.3 Å². The van der Waals surface area contributed by atoms with E-state index in [-0.39, 0.29) is 18.3 Å². The lowest BCUT2D eigenvalue weighted by molar-refractivity contribution is -0.139. The molecule has 1 aromatic carbocycles. The van der Waals surface area contributed by atoms with Crippen molar-refractivity contribution in [2.75, 3.05) is 19.0 Å². The van der Waals surface area contributed by atoms with Gasteiger partial charge in [0.1, 0.15) is 5.75 Å². The zero-order valence-electron chi connectivity index (χ0n) is 13.7. The molecule has 0 aliphatic carbocycles. The number of para-hydroxylation sites is 1. The summed E-state index contributed by atoms with van der Waals surface area (Å²) in [6.07, 6.45) is 1.02. The second kappa shape index (κ2) is 9.02. The minimum Gasteiger partial charge on any atom is -0.494 e. The van der Waals surface area contributed by atoms with Gasteiger partial charge in [-0.25, -0.2) is 4.98 Å². The van der Waals surface area contributed by atoms with Crippen LogP contribution in [0, 0.1) is 0 Å². The van der Waals surface area contributed by atoms with Crippen molar-refractivity contribution in [1.82, 2.24) is 4.98 Å². The predicted molar refractivity (Wildman–Crippen MR) is 92.4 cm³/mol. The summed E-state index contributed by atoms with van der Waals surface area (Å²) in [7, 11) is 1.33. The molecule has 1 N–H and O–H groups in total. The Hall–Kier alpha value is -2.41. The van der Waals surface area contributed by atoms with Gasteiger partial charge in [0.2, 0.25) is 5.91 Å². The summed E-state index contributed by atoms with van der Waals surface area (Å²) in [4.78, 5) is 27.5. The summed E-state index contributed by atoms with van der Waals surface area (Å²) in [5, 5.41) is 4.97. The lowest BCUT2D eigenvalue weighted by Crippen LogP contribution is -2.13. The summed E-state index contributed by atoms with van der Waals surface area (Å²) in [6.45, 7) is 2.52. The molecule has 1 aromatic heterocycles. The van der Waals surface area contributed by atoms with E-state index in [1.807, 2.05) is 31.2 Å². The zero-order chi connectivity index (χ0) is 17.4. The van der Waals surface area contributed by atoms with Crippen molar-refractivity contribution in [2.24, 2.45) is 0 Å². The van der Waals surface area contributed by atoms with Gasteiger partial charge in [-0.05, 0) is 25.0 Å². The SMILES string of the molecule is CCOc1ccccc1CCC(=O)Nc1nc(CC(=O)OC)cs1. The van der Waals surface area contributed by atoms with Crippen LogP contribution in [0.15, 0.2) is 29.6 Å². The third-order valence-electron chi connectivity index (χ3n) is 3.25. The molecule has 2 aromatic rings. The molecule has 0 aliphatic heterocycles. The van der Waals surface area contributed by atoms with Crippen molar-refractivity contribution in [3.63, 3.8) is 0 Å². The molecular formula is C17H20N2O4S. The Labute approximate surface area is 144 Å². The van der Waals surface area contributed by atoms with Crippen LogP contribution in [0.1, 0.15) is 24.6 Å². The van der Waals surface area contributed by atoms with Crippen LogP contribution < -0.4 is 10.1 Å². The van der Waals surface area contributed by atoms with Gasteiger partial charge < -0.3 is 14.8 Å². The number of benzene rings is 1. The van der Waals surface area contributed by atoms with Gasteiger partial charge in [-0.1, -0.05) is 18.2 Å². The number of nitrogens with zero attached hydrogens (tertiary/aromatic N) is 1. The number of methoxy groups -OCH3 is 1. The van der Waals surface area contributed by atoms with Crippen molar-refractivity contribution in [2.45, 2.75) is 26.2 Å². The molecule has 0 aliphatic rings. The Balaban J connectivity index is 1.87. The number of rotatable bonds is 8. The number of amides is 1. The Kier molecular flexibility index (Phi) is 6.74. The maximum absolute atomic E-state index is 12.1. The Morgan fingerprint density at radius 2 is 2.08 bits per heavy atom. The van der Waals surface area contributed by atoms with Crippen molar-refractivity contribution in [3.05, 3.63) is 40.9 Å². The highest BCUT2D eigenvalue weighted by Crippen LogP contribution is 2.20. The molecule has 0 fully saturated rings. The van der Waals surface area contributed by atoms with E-state index in [4.69, 9.17) is 4.74 Å². The summed E-state index contributed by atoms with van der Waals surface area (Å²) in [5.41, 5.74) is 1.59. The van der Waals surface area contributed by atoms with Crippen LogP contribution in [0.25, 0.3) is 0 Å². The van der Waals surface area contributed by atoms with E-state index in [0.717, 1.165) is 11.3 Å². The summed E-state index contributed by atoms with van der Waals surface area (Å²) >= 11 is 1.29. The number of carbonyl (C=O) groups excluding carboxylic acids is 2. The third kappa shape index (κ3) is 5.34. The molecule has 0 radical (unpaired) electrons. The fourth-order valence-electron chi connectivity index (χ4n) is 2.10. The molecule has 6 nitrogen and oxygen atoms in total. The highest BCUT2D eigenvalue weighted by molar-refractivity contribution is 7.13. The number of esters is 1. The third-order valence-corrected chi connectivity index (χ3v) is 4.05. The summed E-state index contributed by atoms with van der Waals surface area (Å²) in [6, 6.07) is 7.69. The number of carbonyl (C=O) groups is 2. The van der Waals surface area contributed by atoms with Gasteiger partial charge in [0.05, 0.1) is 25.8 Å². The number of hydrogen-bond acceptors (Lipinski definition) is 6. The Morgan fingerprint density at radius 3 is 2.83 bits per heavy atom. The minimum absolute atomic E-state index is 0.102. The van der Waals surface area contributed by atoms with Crippen LogP contribution in [0.2, 0.25) is 0 Å². The minimum atomic E-state index is -0.356. The normalized spacial score (nSPS) is 10.2. The number of thiazole rings is 1. The molecule has 0 saturated carbocycles. The highest BCUT2D eigenvalue weighted by atomic mass is 32.1. The first-order chi connectivity index (χ1) is 11.6. The van der Waals surface area contributed by atoms with E-state index in [9.17, 15) is 9.59 Å². The zero-order valence-corrected chi connectivity index (χ0v) is 14.5.